The standard InChI is InChI=1S/C12H11/c1-3-7-11(8-4-1)12-9-5-2-6-10-12/h1,3,7-8,12H,2,5,9H2. The van der Waals surface area contributed by atoms with Crippen LogP contribution in [0.3, 0.4) is 0 Å². The minimum atomic E-state index is 0.469. The lowest BCUT2D eigenvalue weighted by Gasteiger charge is -2.12. The maximum atomic E-state index is 3.27. The maximum absolute atomic E-state index is 3.27. The molecule has 2 rings (SSSR count). The molecule has 0 aliphatic heterocycles. The van der Waals surface area contributed by atoms with Gasteiger partial charge in [0.2, 0.25) is 0 Å². The third-order valence-corrected chi connectivity index (χ3v) is 2.20. The molecular weight excluding hydrogens is 144 g/mol. The quantitative estimate of drug-likeness (QED) is 0.547. The zero-order valence-electron chi connectivity index (χ0n) is 7.01. The van der Waals surface area contributed by atoms with Gasteiger partial charge < -0.3 is 0 Å². The number of benzene rings is 1. The summed E-state index contributed by atoms with van der Waals surface area (Å²) in [5.74, 6) is 6.90. The van der Waals surface area contributed by atoms with Gasteiger partial charge in [0.25, 0.3) is 0 Å². The molecule has 59 valence electrons. The van der Waals surface area contributed by atoms with Gasteiger partial charge in [-0.1, -0.05) is 24.1 Å². The summed E-state index contributed by atoms with van der Waals surface area (Å²) in [7, 11) is 0. The zero-order valence-corrected chi connectivity index (χ0v) is 7.01. The summed E-state index contributed by atoms with van der Waals surface area (Å²) in [6, 6.07) is 11.2. The first-order valence-corrected chi connectivity index (χ1v) is 4.41. The van der Waals surface area contributed by atoms with E-state index < -0.39 is 0 Å². The summed E-state index contributed by atoms with van der Waals surface area (Å²) in [5, 5.41) is 0. The van der Waals surface area contributed by atoms with E-state index in [9.17, 15) is 0 Å². The first kappa shape index (κ1) is 7.43. The van der Waals surface area contributed by atoms with E-state index in [4.69, 9.17) is 0 Å². The van der Waals surface area contributed by atoms with Gasteiger partial charge in [0.15, 0.2) is 0 Å². The van der Waals surface area contributed by atoms with E-state index in [1.807, 2.05) is 18.2 Å². The average molecular weight is 155 g/mol. The molecule has 0 saturated heterocycles. The van der Waals surface area contributed by atoms with Crippen molar-refractivity contribution in [3.63, 3.8) is 0 Å². The lowest BCUT2D eigenvalue weighted by molar-refractivity contribution is 0.686. The molecule has 0 N–H and O–H groups in total. The molecule has 1 aliphatic rings. The van der Waals surface area contributed by atoms with Crippen LogP contribution in [0.5, 0.6) is 0 Å². The van der Waals surface area contributed by atoms with E-state index in [-0.39, 0.29) is 0 Å². The third-order valence-electron chi connectivity index (χ3n) is 2.20. The van der Waals surface area contributed by atoms with Crippen LogP contribution in [-0.4, -0.2) is 0 Å². The third kappa shape index (κ3) is 1.51. The zero-order chi connectivity index (χ0) is 8.23. The molecule has 1 radical (unpaired) electrons. The summed E-state index contributed by atoms with van der Waals surface area (Å²) >= 11 is 0. The van der Waals surface area contributed by atoms with Gasteiger partial charge in [-0.25, -0.2) is 0 Å². The van der Waals surface area contributed by atoms with Crippen LogP contribution >= 0.6 is 0 Å². The molecule has 1 aromatic rings. The molecule has 0 heteroatoms. The van der Waals surface area contributed by atoms with Crippen LogP contribution in [0.1, 0.15) is 30.7 Å². The van der Waals surface area contributed by atoms with Gasteiger partial charge in [-0.3, -0.25) is 0 Å². The van der Waals surface area contributed by atoms with Crippen LogP contribution < -0.4 is 0 Å². The van der Waals surface area contributed by atoms with Crippen molar-refractivity contribution in [1.29, 1.82) is 0 Å². The number of rotatable bonds is 1. The highest BCUT2D eigenvalue weighted by Gasteiger charge is 2.09. The molecule has 0 nitrogen and oxygen atoms in total. The molecule has 1 atom stereocenters. The van der Waals surface area contributed by atoms with E-state index in [2.05, 4.69) is 24.0 Å². The minimum Gasteiger partial charge on any atom is -0.103 e. The molecule has 0 amide bonds. The SMILES string of the molecule is C1#CC(c2c[c]ccc2)CCC1. The summed E-state index contributed by atoms with van der Waals surface area (Å²) in [6.45, 7) is 0. The molecule has 0 bridgehead atoms. The van der Waals surface area contributed by atoms with Gasteiger partial charge in [0.1, 0.15) is 0 Å². The molecule has 0 heterocycles. The maximum Gasteiger partial charge on any atom is 0.0452 e. The van der Waals surface area contributed by atoms with Gasteiger partial charge in [-0.15, -0.1) is 5.92 Å². The molecular formula is C12H11. The van der Waals surface area contributed by atoms with Gasteiger partial charge in [0, 0.05) is 12.3 Å². The predicted molar refractivity (Wildman–Crippen MR) is 49.6 cm³/mol. The van der Waals surface area contributed by atoms with Crippen molar-refractivity contribution in [2.45, 2.75) is 25.2 Å². The van der Waals surface area contributed by atoms with Gasteiger partial charge in [0.05, 0.1) is 0 Å². The van der Waals surface area contributed by atoms with Crippen LogP contribution in [0.15, 0.2) is 24.3 Å². The largest absolute Gasteiger partial charge is 0.103 e. The fourth-order valence-corrected chi connectivity index (χ4v) is 1.54. The van der Waals surface area contributed by atoms with E-state index in [1.54, 1.807) is 0 Å². The van der Waals surface area contributed by atoms with Crippen molar-refractivity contribution >= 4 is 0 Å². The first-order valence-electron chi connectivity index (χ1n) is 4.41. The normalized spacial score (nSPS) is 21.2. The van der Waals surface area contributed by atoms with Crippen LogP contribution in [0.4, 0.5) is 0 Å². The lowest BCUT2D eigenvalue weighted by Crippen LogP contribution is -1.98. The second kappa shape index (κ2) is 3.45. The van der Waals surface area contributed by atoms with Crippen molar-refractivity contribution in [1.82, 2.24) is 0 Å². The summed E-state index contributed by atoms with van der Waals surface area (Å²) < 4.78 is 0. The van der Waals surface area contributed by atoms with Crippen LogP contribution in [0.25, 0.3) is 0 Å². The molecule has 0 spiro atoms. The molecule has 0 fully saturated rings. The highest BCUT2D eigenvalue weighted by molar-refractivity contribution is 5.28. The van der Waals surface area contributed by atoms with Crippen LogP contribution in [0.2, 0.25) is 0 Å². The lowest BCUT2D eigenvalue weighted by atomic mass is 9.91. The fourth-order valence-electron chi connectivity index (χ4n) is 1.54. The first-order chi connectivity index (χ1) is 5.97. The molecule has 1 aliphatic carbocycles. The van der Waals surface area contributed by atoms with Gasteiger partial charge in [-0.05, 0) is 30.5 Å². The summed E-state index contributed by atoms with van der Waals surface area (Å²) in [4.78, 5) is 0. The predicted octanol–water partition coefficient (Wildman–Crippen LogP) is 2.76. The Labute approximate surface area is 73.6 Å². The topological polar surface area (TPSA) is 0 Å². The van der Waals surface area contributed by atoms with Crippen molar-refractivity contribution in [3.8, 4) is 11.8 Å². The second-order valence-corrected chi connectivity index (χ2v) is 3.10. The van der Waals surface area contributed by atoms with Crippen molar-refractivity contribution in [2.75, 3.05) is 0 Å². The number of hydrogen-bond acceptors (Lipinski definition) is 0. The Morgan fingerprint density at radius 1 is 1.42 bits per heavy atom. The van der Waals surface area contributed by atoms with Crippen molar-refractivity contribution < 1.29 is 0 Å². The van der Waals surface area contributed by atoms with E-state index in [0.717, 1.165) is 6.42 Å². The van der Waals surface area contributed by atoms with E-state index in [1.165, 1.54) is 18.4 Å². The molecule has 0 saturated carbocycles. The van der Waals surface area contributed by atoms with Crippen molar-refractivity contribution in [2.24, 2.45) is 0 Å². The van der Waals surface area contributed by atoms with E-state index >= 15 is 0 Å². The molecule has 12 heavy (non-hydrogen) atoms. The fraction of sp³-hybridized carbons (Fsp3) is 0.333. The monoisotopic (exact) mass is 155 g/mol. The summed E-state index contributed by atoms with van der Waals surface area (Å²) in [5.41, 5.74) is 1.32. The smallest absolute Gasteiger partial charge is 0.0452 e. The Balaban J connectivity index is 2.23. The van der Waals surface area contributed by atoms with Crippen LogP contribution in [0, 0.1) is 17.9 Å². The molecule has 1 unspecified atom stereocenters. The van der Waals surface area contributed by atoms with Gasteiger partial charge >= 0.3 is 0 Å². The molecule has 0 aromatic heterocycles. The Morgan fingerprint density at radius 3 is 3.08 bits per heavy atom. The Morgan fingerprint density at radius 2 is 2.42 bits per heavy atom. The van der Waals surface area contributed by atoms with Gasteiger partial charge in [-0.2, -0.15) is 0 Å². The Hall–Kier alpha value is -1.22. The minimum absolute atomic E-state index is 0.469. The average Bonchev–Trinajstić information content (AvgIpc) is 2.21. The highest BCUT2D eigenvalue weighted by atomic mass is 14.1. The van der Waals surface area contributed by atoms with Crippen molar-refractivity contribution in [3.05, 3.63) is 35.9 Å². The van der Waals surface area contributed by atoms with E-state index in [0.29, 0.717) is 5.92 Å². The molecule has 1 aromatic carbocycles. The summed E-state index contributed by atoms with van der Waals surface area (Å²) in [6.07, 6.45) is 3.53. The Kier molecular flexibility index (Phi) is 2.14. The number of hydrogen-bond donors (Lipinski definition) is 0. The Bertz CT molecular complexity index is 300. The van der Waals surface area contributed by atoms with Crippen LogP contribution in [-0.2, 0) is 0 Å². The highest BCUT2D eigenvalue weighted by Crippen LogP contribution is 2.23. The second-order valence-electron chi connectivity index (χ2n) is 3.10.